The summed E-state index contributed by atoms with van der Waals surface area (Å²) in [6, 6.07) is 8.58. The Balaban J connectivity index is 2.34. The van der Waals surface area contributed by atoms with Crippen LogP contribution in [-0.4, -0.2) is 18.5 Å². The van der Waals surface area contributed by atoms with E-state index >= 15 is 0 Å². The highest BCUT2D eigenvalue weighted by atomic mass is 15.1. The monoisotopic (exact) mass is 146 g/mol. The lowest BCUT2D eigenvalue weighted by Gasteiger charge is -2.23. The molecule has 1 heteroatoms. The Hall–Kier alpha value is -0.820. The first-order valence-corrected chi connectivity index (χ1v) is 3.99. The van der Waals surface area contributed by atoms with E-state index in [1.54, 1.807) is 0 Å². The molecule has 2 rings (SSSR count). The van der Waals surface area contributed by atoms with Gasteiger partial charge in [-0.2, -0.15) is 0 Å². The molecule has 11 heavy (non-hydrogen) atoms. The first kappa shape index (κ1) is 6.86. The van der Waals surface area contributed by atoms with Crippen LogP contribution in [0.1, 0.15) is 11.1 Å². The van der Waals surface area contributed by atoms with Crippen LogP contribution < -0.4 is 0 Å². The standard InChI is InChI=1S/C10H12N/c1-11-7-6-9-4-2-3-5-10(9)8-11/h2-5,8H,6-7H2,1H3. The molecular weight excluding hydrogens is 134 g/mol. The van der Waals surface area contributed by atoms with Crippen LogP contribution in [0.3, 0.4) is 0 Å². The number of hydrogen-bond donors (Lipinski definition) is 0. The molecular formula is C10H12N. The van der Waals surface area contributed by atoms with E-state index in [0.717, 1.165) is 6.54 Å². The third-order valence-corrected chi connectivity index (χ3v) is 2.15. The van der Waals surface area contributed by atoms with Gasteiger partial charge in [0, 0.05) is 6.54 Å². The molecule has 0 saturated carbocycles. The first-order valence-electron chi connectivity index (χ1n) is 3.99. The van der Waals surface area contributed by atoms with Crippen molar-refractivity contribution < 1.29 is 0 Å². The fourth-order valence-corrected chi connectivity index (χ4v) is 1.49. The number of hydrogen-bond acceptors (Lipinski definition) is 1. The lowest BCUT2D eigenvalue weighted by Crippen LogP contribution is -2.24. The smallest absolute Gasteiger partial charge is 0.0545 e. The van der Waals surface area contributed by atoms with Crippen molar-refractivity contribution >= 4 is 0 Å². The van der Waals surface area contributed by atoms with Crippen molar-refractivity contribution in [1.29, 1.82) is 0 Å². The van der Waals surface area contributed by atoms with Crippen molar-refractivity contribution in [2.75, 3.05) is 13.6 Å². The minimum absolute atomic E-state index is 1.15. The van der Waals surface area contributed by atoms with Crippen LogP contribution in [0.5, 0.6) is 0 Å². The molecule has 0 atom stereocenters. The zero-order chi connectivity index (χ0) is 7.68. The fourth-order valence-electron chi connectivity index (χ4n) is 1.49. The van der Waals surface area contributed by atoms with Gasteiger partial charge in [-0.05, 0) is 24.6 Å². The second kappa shape index (κ2) is 2.67. The summed E-state index contributed by atoms with van der Waals surface area (Å²) in [5.41, 5.74) is 2.85. The first-order chi connectivity index (χ1) is 5.36. The van der Waals surface area contributed by atoms with Gasteiger partial charge in [0.1, 0.15) is 0 Å². The Kier molecular flexibility index (Phi) is 1.66. The molecule has 1 radical (unpaired) electrons. The topological polar surface area (TPSA) is 3.24 Å². The van der Waals surface area contributed by atoms with E-state index in [2.05, 4.69) is 42.8 Å². The molecule has 0 saturated heterocycles. The highest BCUT2D eigenvalue weighted by Crippen LogP contribution is 2.18. The number of fused-ring (bicyclic) bond motifs is 1. The summed E-state index contributed by atoms with van der Waals surface area (Å²) in [5, 5.41) is 0. The van der Waals surface area contributed by atoms with Gasteiger partial charge in [0.25, 0.3) is 0 Å². The predicted molar refractivity (Wildman–Crippen MR) is 46.2 cm³/mol. The minimum atomic E-state index is 1.15. The molecule has 0 aliphatic carbocycles. The minimum Gasteiger partial charge on any atom is -0.297 e. The summed E-state index contributed by atoms with van der Waals surface area (Å²) in [7, 11) is 2.12. The predicted octanol–water partition coefficient (Wildman–Crippen LogP) is 1.68. The Bertz CT molecular complexity index is 255. The van der Waals surface area contributed by atoms with E-state index in [4.69, 9.17) is 0 Å². The maximum absolute atomic E-state index is 2.24. The summed E-state index contributed by atoms with van der Waals surface area (Å²) >= 11 is 0. The molecule has 0 amide bonds. The van der Waals surface area contributed by atoms with Crippen LogP contribution in [0.2, 0.25) is 0 Å². The lowest BCUT2D eigenvalue weighted by molar-refractivity contribution is 0.406. The molecule has 1 nitrogen and oxygen atoms in total. The summed E-state index contributed by atoms with van der Waals surface area (Å²) in [5.74, 6) is 0. The van der Waals surface area contributed by atoms with Gasteiger partial charge in [0.05, 0.1) is 6.54 Å². The molecule has 57 valence electrons. The summed E-state index contributed by atoms with van der Waals surface area (Å²) in [6.45, 7) is 3.36. The zero-order valence-electron chi connectivity index (χ0n) is 6.75. The Morgan fingerprint density at radius 3 is 3.00 bits per heavy atom. The van der Waals surface area contributed by atoms with Gasteiger partial charge in [-0.3, -0.25) is 4.90 Å². The van der Waals surface area contributed by atoms with Crippen LogP contribution >= 0.6 is 0 Å². The van der Waals surface area contributed by atoms with Crippen LogP contribution in [0.25, 0.3) is 0 Å². The number of benzene rings is 1. The van der Waals surface area contributed by atoms with Crippen LogP contribution in [0.4, 0.5) is 0 Å². The SMILES string of the molecule is CN1[CH]c2ccccc2CC1. The van der Waals surface area contributed by atoms with E-state index < -0.39 is 0 Å². The lowest BCUT2D eigenvalue weighted by atomic mass is 10.0. The number of nitrogens with zero attached hydrogens (tertiary/aromatic N) is 1. The highest BCUT2D eigenvalue weighted by Gasteiger charge is 2.11. The largest absolute Gasteiger partial charge is 0.297 e. The van der Waals surface area contributed by atoms with Gasteiger partial charge in [-0.1, -0.05) is 24.3 Å². The van der Waals surface area contributed by atoms with Crippen molar-refractivity contribution in [3.8, 4) is 0 Å². The molecule has 0 spiro atoms. The highest BCUT2D eigenvalue weighted by molar-refractivity contribution is 5.34. The maximum atomic E-state index is 2.24. The molecule has 0 bridgehead atoms. The van der Waals surface area contributed by atoms with Gasteiger partial charge < -0.3 is 0 Å². The zero-order valence-corrected chi connectivity index (χ0v) is 6.75. The molecule has 1 aliphatic heterocycles. The van der Waals surface area contributed by atoms with Crippen molar-refractivity contribution in [2.24, 2.45) is 0 Å². The van der Waals surface area contributed by atoms with Crippen LogP contribution in [0, 0.1) is 6.54 Å². The van der Waals surface area contributed by atoms with E-state index in [-0.39, 0.29) is 0 Å². The van der Waals surface area contributed by atoms with E-state index in [9.17, 15) is 0 Å². The molecule has 1 aromatic carbocycles. The molecule has 1 aliphatic rings. The van der Waals surface area contributed by atoms with Crippen molar-refractivity contribution in [2.45, 2.75) is 6.42 Å². The third kappa shape index (κ3) is 1.29. The number of likely N-dealkylation sites (N-methyl/N-ethyl adjacent to an activating group) is 1. The van der Waals surface area contributed by atoms with Gasteiger partial charge in [0.2, 0.25) is 0 Å². The summed E-state index contributed by atoms with van der Waals surface area (Å²) in [4.78, 5) is 2.24. The van der Waals surface area contributed by atoms with Gasteiger partial charge in [-0.15, -0.1) is 0 Å². The normalized spacial score (nSPS) is 17.9. The maximum Gasteiger partial charge on any atom is 0.0545 e. The van der Waals surface area contributed by atoms with Gasteiger partial charge in [-0.25, -0.2) is 0 Å². The van der Waals surface area contributed by atoms with Crippen LogP contribution in [-0.2, 0) is 6.42 Å². The van der Waals surface area contributed by atoms with Crippen molar-refractivity contribution in [1.82, 2.24) is 4.90 Å². The van der Waals surface area contributed by atoms with E-state index in [1.807, 2.05) is 0 Å². The second-order valence-electron chi connectivity index (χ2n) is 3.06. The van der Waals surface area contributed by atoms with E-state index in [1.165, 1.54) is 17.5 Å². The average molecular weight is 146 g/mol. The van der Waals surface area contributed by atoms with E-state index in [0.29, 0.717) is 0 Å². The van der Waals surface area contributed by atoms with Crippen LogP contribution in [0.15, 0.2) is 24.3 Å². The summed E-state index contributed by atoms with van der Waals surface area (Å²) in [6.07, 6.45) is 1.18. The van der Waals surface area contributed by atoms with Gasteiger partial charge in [0.15, 0.2) is 0 Å². The van der Waals surface area contributed by atoms with Crippen molar-refractivity contribution in [3.05, 3.63) is 41.9 Å². The van der Waals surface area contributed by atoms with Crippen molar-refractivity contribution in [3.63, 3.8) is 0 Å². The molecule has 1 aromatic rings. The Labute approximate surface area is 67.6 Å². The average Bonchev–Trinajstić information content (AvgIpc) is 2.04. The molecule has 1 heterocycles. The molecule has 0 fully saturated rings. The molecule has 0 unspecified atom stereocenters. The molecule has 0 aromatic heterocycles. The Morgan fingerprint density at radius 2 is 2.09 bits per heavy atom. The summed E-state index contributed by atoms with van der Waals surface area (Å²) < 4.78 is 0. The van der Waals surface area contributed by atoms with Gasteiger partial charge >= 0.3 is 0 Å². The quantitative estimate of drug-likeness (QED) is 0.538. The fraction of sp³-hybridized carbons (Fsp3) is 0.300. The third-order valence-electron chi connectivity index (χ3n) is 2.15. The molecule has 0 N–H and O–H groups in total. The second-order valence-corrected chi connectivity index (χ2v) is 3.06. The Morgan fingerprint density at radius 1 is 1.27 bits per heavy atom. The number of rotatable bonds is 0.